The number of benzene rings is 1. The second-order valence-electron chi connectivity index (χ2n) is 6.66. The van der Waals surface area contributed by atoms with Crippen LogP contribution in [0.5, 0.6) is 0 Å². The molecule has 0 saturated carbocycles. The Hall–Kier alpha value is -2.09. The van der Waals surface area contributed by atoms with E-state index < -0.39 is 11.3 Å². The molecule has 0 aliphatic carbocycles. The molecule has 0 saturated heterocycles. The van der Waals surface area contributed by atoms with Crippen LogP contribution in [-0.2, 0) is 24.2 Å². The maximum atomic E-state index is 14.8. The van der Waals surface area contributed by atoms with Crippen molar-refractivity contribution < 1.29 is 13.2 Å². The second kappa shape index (κ2) is 8.07. The zero-order valence-corrected chi connectivity index (χ0v) is 15.6. The van der Waals surface area contributed by atoms with Crippen molar-refractivity contribution in [2.24, 2.45) is 5.92 Å². The summed E-state index contributed by atoms with van der Waals surface area (Å²) in [6.45, 7) is 5.34. The first-order valence-corrected chi connectivity index (χ1v) is 9.57. The van der Waals surface area contributed by atoms with Crippen LogP contribution in [0.4, 0.5) is 4.39 Å². The second-order valence-corrected chi connectivity index (χ2v) is 7.42. The third kappa shape index (κ3) is 4.17. The van der Waals surface area contributed by atoms with Gasteiger partial charge in [0.2, 0.25) is 0 Å². The molecule has 1 atom stereocenters. The zero-order valence-electron chi connectivity index (χ0n) is 14.7. The van der Waals surface area contributed by atoms with Crippen LogP contribution in [0, 0.1) is 11.7 Å². The van der Waals surface area contributed by atoms with E-state index in [9.17, 15) is 13.2 Å². The van der Waals surface area contributed by atoms with Crippen LogP contribution in [-0.4, -0.2) is 24.9 Å². The molecule has 1 aromatic carbocycles. The highest BCUT2D eigenvalue weighted by molar-refractivity contribution is 7.77. The van der Waals surface area contributed by atoms with Crippen molar-refractivity contribution in [1.82, 2.24) is 14.3 Å². The lowest BCUT2D eigenvalue weighted by Crippen LogP contribution is -2.19. The monoisotopic (exact) mass is 374 g/mol. The Balaban J connectivity index is 2.07. The number of hydrogen-bond donors (Lipinski definition) is 1. The van der Waals surface area contributed by atoms with E-state index in [1.807, 2.05) is 12.3 Å². The van der Waals surface area contributed by atoms with Gasteiger partial charge in [0.05, 0.1) is 0 Å². The summed E-state index contributed by atoms with van der Waals surface area (Å²) >= 11 is -2.30. The molecule has 0 spiro atoms. The van der Waals surface area contributed by atoms with E-state index >= 15 is 0 Å². The van der Waals surface area contributed by atoms with E-state index in [0.29, 0.717) is 17.9 Å². The summed E-state index contributed by atoms with van der Waals surface area (Å²) in [5.74, 6) is 0.132. The molecule has 3 rings (SSSR count). The highest BCUT2D eigenvalue weighted by atomic mass is 32.2. The van der Waals surface area contributed by atoms with E-state index in [-0.39, 0.29) is 12.4 Å². The summed E-state index contributed by atoms with van der Waals surface area (Å²) in [7, 11) is 0. The van der Waals surface area contributed by atoms with Gasteiger partial charge in [-0.25, -0.2) is 9.11 Å². The smallest absolute Gasteiger partial charge is 0.131 e. The third-order valence-corrected chi connectivity index (χ3v) is 4.66. The van der Waals surface area contributed by atoms with E-state index in [4.69, 9.17) is 0 Å². The molecule has 5 nitrogen and oxygen atoms in total. The number of pyridine rings is 1. The molecule has 0 fully saturated rings. The summed E-state index contributed by atoms with van der Waals surface area (Å²) in [6.07, 6.45) is 5.79. The van der Waals surface area contributed by atoms with Crippen molar-refractivity contribution in [3.63, 3.8) is 0 Å². The Morgan fingerprint density at radius 1 is 1.31 bits per heavy atom. The molecule has 1 unspecified atom stereocenters. The van der Waals surface area contributed by atoms with Gasteiger partial charge in [-0.3, -0.25) is 9.19 Å². The standard InChI is InChI=1S/C19H22FN3O2S/c1-13(2)11-23-12-15(5-8-22-26(24)25)17-9-18(20)16(10-19(17)23)14-3-6-21-7-4-14/h3-4,6-7,9-10,12-13,22H,5,8,11H2,1-2H3,(H,24,25)/p-1. The number of halogens is 1. The van der Waals surface area contributed by atoms with Crippen LogP contribution < -0.4 is 4.72 Å². The van der Waals surface area contributed by atoms with Gasteiger partial charge in [-0.2, -0.15) is 0 Å². The third-order valence-electron chi connectivity index (χ3n) is 4.22. The van der Waals surface area contributed by atoms with Crippen molar-refractivity contribution in [2.45, 2.75) is 26.8 Å². The van der Waals surface area contributed by atoms with E-state index in [1.165, 1.54) is 0 Å². The fraction of sp³-hybridized carbons (Fsp3) is 0.316. The maximum absolute atomic E-state index is 14.8. The first kappa shape index (κ1) is 18.7. The number of aromatic nitrogens is 2. The zero-order chi connectivity index (χ0) is 18.7. The number of hydrogen-bond acceptors (Lipinski definition) is 3. The Morgan fingerprint density at radius 2 is 2.04 bits per heavy atom. The molecule has 0 aliphatic heterocycles. The fourth-order valence-electron chi connectivity index (χ4n) is 3.15. The summed E-state index contributed by atoms with van der Waals surface area (Å²) in [4.78, 5) is 3.99. The van der Waals surface area contributed by atoms with Gasteiger partial charge < -0.3 is 9.12 Å². The van der Waals surface area contributed by atoms with Crippen LogP contribution in [0.25, 0.3) is 22.0 Å². The van der Waals surface area contributed by atoms with E-state index in [1.54, 1.807) is 30.6 Å². The fourth-order valence-corrected chi connectivity index (χ4v) is 3.42. The summed E-state index contributed by atoms with van der Waals surface area (Å²) in [6, 6.07) is 6.99. The number of nitrogens with one attached hydrogen (secondary N) is 1. The van der Waals surface area contributed by atoms with Gasteiger partial charge in [-0.15, -0.1) is 0 Å². The average Bonchev–Trinajstić information content (AvgIpc) is 2.90. The molecular weight excluding hydrogens is 353 g/mol. The highest BCUT2D eigenvalue weighted by Gasteiger charge is 2.14. The Labute approximate surface area is 154 Å². The van der Waals surface area contributed by atoms with Crippen LogP contribution in [0.3, 0.4) is 0 Å². The minimum Gasteiger partial charge on any atom is -0.760 e. The molecule has 0 bridgehead atoms. The molecule has 2 aromatic heterocycles. The minimum absolute atomic E-state index is 0.282. The van der Waals surface area contributed by atoms with Crippen molar-refractivity contribution in [2.75, 3.05) is 6.54 Å². The van der Waals surface area contributed by atoms with Gasteiger partial charge in [0.25, 0.3) is 0 Å². The van der Waals surface area contributed by atoms with E-state index in [0.717, 1.165) is 28.6 Å². The van der Waals surface area contributed by atoms with Crippen LogP contribution in [0.15, 0.2) is 42.9 Å². The Kier molecular flexibility index (Phi) is 5.80. The molecule has 0 amide bonds. The number of rotatable bonds is 7. The SMILES string of the molecule is CC(C)Cn1cc(CCNS(=O)[O-])c2cc(F)c(-c3ccncc3)cc21. The lowest BCUT2D eigenvalue weighted by atomic mass is 10.0. The molecule has 0 aliphatic rings. The number of fused-ring (bicyclic) bond motifs is 1. The summed E-state index contributed by atoms with van der Waals surface area (Å²) in [5, 5.41) is 0.819. The highest BCUT2D eigenvalue weighted by Crippen LogP contribution is 2.31. The quantitative estimate of drug-likeness (QED) is 0.644. The molecule has 138 valence electrons. The normalized spacial score (nSPS) is 12.8. The predicted molar refractivity (Wildman–Crippen MR) is 101 cm³/mol. The number of nitrogens with zero attached hydrogens (tertiary/aromatic N) is 2. The molecule has 2 heterocycles. The first-order chi connectivity index (χ1) is 12.5. The van der Waals surface area contributed by atoms with Crippen molar-refractivity contribution in [3.05, 3.63) is 54.2 Å². The van der Waals surface area contributed by atoms with Crippen molar-refractivity contribution in [3.8, 4) is 11.1 Å². The lowest BCUT2D eigenvalue weighted by Gasteiger charge is -2.10. The first-order valence-electron chi connectivity index (χ1n) is 8.50. The molecule has 7 heteroatoms. The van der Waals surface area contributed by atoms with Gasteiger partial charge in [0.1, 0.15) is 5.82 Å². The summed E-state index contributed by atoms with van der Waals surface area (Å²) < 4.78 is 40.6. The Morgan fingerprint density at radius 3 is 2.69 bits per heavy atom. The van der Waals surface area contributed by atoms with Gasteiger partial charge >= 0.3 is 0 Å². The lowest BCUT2D eigenvalue weighted by molar-refractivity contribution is 0.523. The van der Waals surface area contributed by atoms with Crippen molar-refractivity contribution in [1.29, 1.82) is 0 Å². The average molecular weight is 374 g/mol. The molecule has 3 aromatic rings. The summed E-state index contributed by atoms with van der Waals surface area (Å²) in [5.41, 5.74) is 3.19. The van der Waals surface area contributed by atoms with Gasteiger partial charge in [-0.1, -0.05) is 13.8 Å². The van der Waals surface area contributed by atoms with Gasteiger partial charge in [-0.05, 0) is 47.7 Å². The molecule has 1 N–H and O–H groups in total. The van der Waals surface area contributed by atoms with Crippen molar-refractivity contribution >= 4 is 22.2 Å². The molecular formula is C19H21FN3O2S-. The minimum atomic E-state index is -2.30. The molecule has 0 radical (unpaired) electrons. The van der Waals surface area contributed by atoms with Crippen LogP contribution >= 0.6 is 0 Å². The van der Waals surface area contributed by atoms with Gasteiger partial charge in [0.15, 0.2) is 0 Å². The Bertz CT molecular complexity index is 925. The topological polar surface area (TPSA) is 70.0 Å². The van der Waals surface area contributed by atoms with Crippen LogP contribution in [0.1, 0.15) is 19.4 Å². The molecule has 26 heavy (non-hydrogen) atoms. The van der Waals surface area contributed by atoms with Crippen LogP contribution in [0.2, 0.25) is 0 Å². The van der Waals surface area contributed by atoms with Gasteiger partial charge in [0, 0.05) is 59.4 Å². The predicted octanol–water partition coefficient (Wildman–Crippen LogP) is 3.42. The largest absolute Gasteiger partial charge is 0.760 e. The van der Waals surface area contributed by atoms with E-state index in [2.05, 4.69) is 28.1 Å². The maximum Gasteiger partial charge on any atom is 0.131 e.